The smallest absolute Gasteiger partial charge is 0.199 e. The van der Waals surface area contributed by atoms with Gasteiger partial charge in [-0.1, -0.05) is 37.3 Å². The van der Waals surface area contributed by atoms with Gasteiger partial charge in [-0.2, -0.15) is 0 Å². The second-order valence-electron chi connectivity index (χ2n) is 5.17. The summed E-state index contributed by atoms with van der Waals surface area (Å²) in [6, 6.07) is 9.51. The predicted octanol–water partition coefficient (Wildman–Crippen LogP) is 3.15. The number of aryl methyl sites for hydroxylation is 1. The standard InChI is InChI=1S/C17H20N2O2/c1-3-7-15(20)14(13-8-5-4-6-9-13)12-16(21)17-18-10-11-19(17)2/h4-6,8-11,14H,3,7,12H2,1-2H3. The average Bonchev–Trinajstić information content (AvgIpc) is 2.92. The first-order chi connectivity index (χ1) is 10.1. The zero-order valence-corrected chi connectivity index (χ0v) is 12.5. The first-order valence-corrected chi connectivity index (χ1v) is 7.21. The molecule has 4 nitrogen and oxygen atoms in total. The van der Waals surface area contributed by atoms with Crippen LogP contribution in [0.15, 0.2) is 42.7 Å². The van der Waals surface area contributed by atoms with Crippen molar-refractivity contribution < 1.29 is 9.59 Å². The molecule has 21 heavy (non-hydrogen) atoms. The molecular weight excluding hydrogens is 264 g/mol. The Morgan fingerprint density at radius 1 is 1.24 bits per heavy atom. The van der Waals surface area contributed by atoms with Gasteiger partial charge in [0.25, 0.3) is 0 Å². The zero-order chi connectivity index (χ0) is 15.2. The monoisotopic (exact) mass is 284 g/mol. The lowest BCUT2D eigenvalue weighted by molar-refractivity contribution is -0.120. The number of hydrogen-bond acceptors (Lipinski definition) is 3. The molecule has 0 saturated heterocycles. The molecule has 1 unspecified atom stereocenters. The summed E-state index contributed by atoms with van der Waals surface area (Å²) >= 11 is 0. The summed E-state index contributed by atoms with van der Waals surface area (Å²) in [6.45, 7) is 1.97. The molecule has 0 aliphatic rings. The van der Waals surface area contributed by atoms with Crippen molar-refractivity contribution in [2.45, 2.75) is 32.1 Å². The number of ketones is 2. The molecule has 4 heteroatoms. The van der Waals surface area contributed by atoms with Crippen LogP contribution in [0, 0.1) is 0 Å². The van der Waals surface area contributed by atoms with Crippen molar-refractivity contribution in [3.05, 3.63) is 54.1 Å². The number of aromatic nitrogens is 2. The lowest BCUT2D eigenvalue weighted by atomic mass is 9.88. The van der Waals surface area contributed by atoms with Crippen molar-refractivity contribution in [2.75, 3.05) is 0 Å². The quantitative estimate of drug-likeness (QED) is 0.734. The Hall–Kier alpha value is -2.23. The van der Waals surface area contributed by atoms with Gasteiger partial charge in [-0.25, -0.2) is 4.98 Å². The molecule has 1 heterocycles. The largest absolute Gasteiger partial charge is 0.332 e. The highest BCUT2D eigenvalue weighted by Gasteiger charge is 2.24. The summed E-state index contributed by atoms with van der Waals surface area (Å²) in [5.74, 6) is 0.0441. The molecule has 0 aliphatic carbocycles. The molecule has 1 aromatic heterocycles. The van der Waals surface area contributed by atoms with Gasteiger partial charge in [0.15, 0.2) is 11.6 Å². The van der Waals surface area contributed by atoms with E-state index in [9.17, 15) is 9.59 Å². The number of rotatable bonds is 7. The van der Waals surface area contributed by atoms with Gasteiger partial charge < -0.3 is 4.57 Å². The first kappa shape index (κ1) is 15.2. The van der Waals surface area contributed by atoms with E-state index in [-0.39, 0.29) is 23.9 Å². The Morgan fingerprint density at radius 3 is 2.52 bits per heavy atom. The van der Waals surface area contributed by atoms with Gasteiger partial charge in [0.1, 0.15) is 5.78 Å². The van der Waals surface area contributed by atoms with E-state index in [0.29, 0.717) is 12.2 Å². The van der Waals surface area contributed by atoms with Crippen LogP contribution in [0.25, 0.3) is 0 Å². The molecule has 0 fully saturated rings. The summed E-state index contributed by atoms with van der Waals surface area (Å²) in [4.78, 5) is 28.8. The summed E-state index contributed by atoms with van der Waals surface area (Å²) < 4.78 is 1.69. The summed E-state index contributed by atoms with van der Waals surface area (Å²) in [7, 11) is 1.78. The van der Waals surface area contributed by atoms with Crippen LogP contribution in [-0.2, 0) is 11.8 Å². The molecule has 0 aliphatic heterocycles. The van der Waals surface area contributed by atoms with E-state index in [1.54, 1.807) is 24.0 Å². The number of Topliss-reactive ketones (excluding diaryl/α,β-unsaturated/α-hetero) is 2. The topological polar surface area (TPSA) is 52.0 Å². The van der Waals surface area contributed by atoms with Crippen molar-refractivity contribution in [1.29, 1.82) is 0 Å². The van der Waals surface area contributed by atoms with Gasteiger partial charge in [0.05, 0.1) is 5.92 Å². The minimum Gasteiger partial charge on any atom is -0.332 e. The highest BCUT2D eigenvalue weighted by molar-refractivity contribution is 5.98. The Kier molecular flexibility index (Phi) is 5.04. The minimum absolute atomic E-state index is 0.0965. The normalized spacial score (nSPS) is 12.1. The highest BCUT2D eigenvalue weighted by Crippen LogP contribution is 2.24. The predicted molar refractivity (Wildman–Crippen MR) is 81.3 cm³/mol. The van der Waals surface area contributed by atoms with Crippen LogP contribution in [0.2, 0.25) is 0 Å². The van der Waals surface area contributed by atoms with Crippen LogP contribution in [0.4, 0.5) is 0 Å². The maximum Gasteiger partial charge on any atom is 0.199 e. The lowest BCUT2D eigenvalue weighted by Crippen LogP contribution is -2.18. The fraction of sp³-hybridized carbons (Fsp3) is 0.353. The Labute approximate surface area is 124 Å². The van der Waals surface area contributed by atoms with Crippen molar-refractivity contribution in [2.24, 2.45) is 7.05 Å². The number of carbonyl (C=O) groups excluding carboxylic acids is 2. The molecule has 1 atom stereocenters. The van der Waals surface area contributed by atoms with Gasteiger partial charge in [-0.15, -0.1) is 0 Å². The van der Waals surface area contributed by atoms with E-state index < -0.39 is 0 Å². The number of imidazole rings is 1. The van der Waals surface area contributed by atoms with E-state index >= 15 is 0 Å². The van der Waals surface area contributed by atoms with Crippen molar-refractivity contribution >= 4 is 11.6 Å². The maximum atomic E-state index is 12.4. The molecule has 2 rings (SSSR count). The molecular formula is C17H20N2O2. The SMILES string of the molecule is CCCC(=O)C(CC(=O)c1nccn1C)c1ccccc1. The third-order valence-corrected chi connectivity index (χ3v) is 3.55. The Balaban J connectivity index is 2.22. The summed E-state index contributed by atoms with van der Waals surface area (Å²) in [5.41, 5.74) is 0.901. The molecule has 0 saturated carbocycles. The van der Waals surface area contributed by atoms with E-state index in [1.165, 1.54) is 0 Å². The number of carbonyl (C=O) groups is 2. The van der Waals surface area contributed by atoms with Crippen molar-refractivity contribution in [1.82, 2.24) is 9.55 Å². The summed E-state index contributed by atoms with van der Waals surface area (Å²) in [6.07, 6.45) is 4.79. The van der Waals surface area contributed by atoms with Crippen LogP contribution < -0.4 is 0 Å². The summed E-state index contributed by atoms with van der Waals surface area (Å²) in [5, 5.41) is 0. The number of nitrogens with zero attached hydrogens (tertiary/aromatic N) is 2. The van der Waals surface area contributed by atoms with Crippen LogP contribution in [-0.4, -0.2) is 21.1 Å². The van der Waals surface area contributed by atoms with Gasteiger partial charge in [-0.3, -0.25) is 9.59 Å². The molecule has 0 radical (unpaired) electrons. The van der Waals surface area contributed by atoms with E-state index in [2.05, 4.69) is 4.98 Å². The van der Waals surface area contributed by atoms with Crippen LogP contribution in [0.5, 0.6) is 0 Å². The van der Waals surface area contributed by atoms with Gasteiger partial charge in [0.2, 0.25) is 0 Å². The molecule has 110 valence electrons. The maximum absolute atomic E-state index is 12.4. The van der Waals surface area contributed by atoms with E-state index in [0.717, 1.165) is 12.0 Å². The van der Waals surface area contributed by atoms with Crippen molar-refractivity contribution in [3.8, 4) is 0 Å². The van der Waals surface area contributed by atoms with Gasteiger partial charge in [0, 0.05) is 32.3 Å². The minimum atomic E-state index is -0.379. The van der Waals surface area contributed by atoms with Crippen LogP contribution in [0.1, 0.15) is 48.3 Å². The molecule has 0 N–H and O–H groups in total. The molecule has 2 aromatic rings. The fourth-order valence-electron chi connectivity index (χ4n) is 2.43. The molecule has 0 bridgehead atoms. The Bertz CT molecular complexity index is 617. The molecule has 1 aromatic carbocycles. The number of hydrogen-bond donors (Lipinski definition) is 0. The third kappa shape index (κ3) is 3.66. The average molecular weight is 284 g/mol. The van der Waals surface area contributed by atoms with E-state index in [1.807, 2.05) is 37.3 Å². The van der Waals surface area contributed by atoms with Crippen LogP contribution >= 0.6 is 0 Å². The second kappa shape index (κ2) is 6.97. The lowest BCUT2D eigenvalue weighted by Gasteiger charge is -2.15. The molecule has 0 amide bonds. The second-order valence-corrected chi connectivity index (χ2v) is 5.17. The third-order valence-electron chi connectivity index (χ3n) is 3.55. The highest BCUT2D eigenvalue weighted by atomic mass is 16.1. The molecule has 0 spiro atoms. The van der Waals surface area contributed by atoms with Crippen molar-refractivity contribution in [3.63, 3.8) is 0 Å². The number of benzene rings is 1. The van der Waals surface area contributed by atoms with Crippen LogP contribution in [0.3, 0.4) is 0 Å². The fourth-order valence-corrected chi connectivity index (χ4v) is 2.43. The Morgan fingerprint density at radius 2 is 1.95 bits per heavy atom. The first-order valence-electron chi connectivity index (χ1n) is 7.21. The van der Waals surface area contributed by atoms with Gasteiger partial charge in [-0.05, 0) is 12.0 Å². The zero-order valence-electron chi connectivity index (χ0n) is 12.5. The van der Waals surface area contributed by atoms with Gasteiger partial charge >= 0.3 is 0 Å². The van der Waals surface area contributed by atoms with E-state index in [4.69, 9.17) is 0 Å².